The number of anilines is 2. The molecule has 0 atom stereocenters. The number of hydrogen-bond donors (Lipinski definition) is 2. The standard InChI is InChI=1S/C28H32N6O2/c1-5-12-33-26(36)24-16-29-27(30-22-10-9-19-11-13-32(4)17-20(19)14-22)31-25(24)34(33)23-8-6-7-21(15-23)28(2,3)18-35/h5-10,14-16,35H,1,11-13,17-18H2,2-4H3,(H,29,30,31). The number of aliphatic hydroxyl groups is 1. The third-order valence-corrected chi connectivity index (χ3v) is 6.91. The van der Waals surface area contributed by atoms with Crippen LogP contribution in [-0.4, -0.2) is 49.5 Å². The predicted octanol–water partition coefficient (Wildman–Crippen LogP) is 3.77. The van der Waals surface area contributed by atoms with Gasteiger partial charge in [-0.25, -0.2) is 14.3 Å². The Morgan fingerprint density at radius 2 is 2.03 bits per heavy atom. The van der Waals surface area contributed by atoms with Crippen molar-refractivity contribution in [3.8, 4) is 5.69 Å². The van der Waals surface area contributed by atoms with Gasteiger partial charge in [0.1, 0.15) is 5.39 Å². The van der Waals surface area contributed by atoms with Gasteiger partial charge in [0.05, 0.1) is 18.8 Å². The van der Waals surface area contributed by atoms with Crippen LogP contribution in [0.1, 0.15) is 30.5 Å². The zero-order chi connectivity index (χ0) is 25.4. The van der Waals surface area contributed by atoms with Crippen LogP contribution in [0.3, 0.4) is 0 Å². The molecule has 2 aromatic carbocycles. The summed E-state index contributed by atoms with van der Waals surface area (Å²) < 4.78 is 3.42. The quantitative estimate of drug-likeness (QED) is 0.388. The zero-order valence-corrected chi connectivity index (χ0v) is 21.0. The van der Waals surface area contributed by atoms with E-state index in [1.807, 2.05) is 48.9 Å². The fourth-order valence-electron chi connectivity index (χ4n) is 4.69. The minimum atomic E-state index is -0.426. The topological polar surface area (TPSA) is 88.2 Å². The molecule has 5 rings (SSSR count). The van der Waals surface area contributed by atoms with Crippen LogP contribution in [0.15, 0.2) is 66.1 Å². The van der Waals surface area contributed by atoms with E-state index in [2.05, 4.69) is 41.0 Å². The Morgan fingerprint density at radius 1 is 1.19 bits per heavy atom. The number of aromatic nitrogens is 4. The van der Waals surface area contributed by atoms with Gasteiger partial charge in [0.2, 0.25) is 5.95 Å². The number of fused-ring (bicyclic) bond motifs is 2. The van der Waals surface area contributed by atoms with Crippen molar-refractivity contribution in [3.63, 3.8) is 0 Å². The van der Waals surface area contributed by atoms with E-state index in [-0.39, 0.29) is 12.2 Å². The van der Waals surface area contributed by atoms with Crippen LogP contribution in [0.25, 0.3) is 16.7 Å². The van der Waals surface area contributed by atoms with Gasteiger partial charge in [0.15, 0.2) is 5.65 Å². The molecule has 0 unspecified atom stereocenters. The summed E-state index contributed by atoms with van der Waals surface area (Å²) in [5.74, 6) is 0.419. The Bertz CT molecular complexity index is 1500. The molecule has 1 aliphatic rings. The predicted molar refractivity (Wildman–Crippen MR) is 143 cm³/mol. The number of nitrogens with one attached hydrogen (secondary N) is 1. The van der Waals surface area contributed by atoms with Crippen LogP contribution in [-0.2, 0) is 24.9 Å². The average molecular weight is 485 g/mol. The number of nitrogens with zero attached hydrogens (tertiary/aromatic N) is 5. The first-order chi connectivity index (χ1) is 17.3. The molecule has 0 spiro atoms. The highest BCUT2D eigenvalue weighted by Gasteiger charge is 2.22. The molecule has 0 saturated heterocycles. The van der Waals surface area contributed by atoms with Crippen LogP contribution in [0.4, 0.5) is 11.6 Å². The first-order valence-corrected chi connectivity index (χ1v) is 12.2. The SMILES string of the molecule is C=CCn1c(=O)c2cnc(Nc3ccc4c(c3)CN(C)CC4)nc2n1-c1cccc(C(C)(C)CO)c1. The maximum atomic E-state index is 13.3. The van der Waals surface area contributed by atoms with Gasteiger partial charge in [-0.05, 0) is 54.4 Å². The largest absolute Gasteiger partial charge is 0.395 e. The van der Waals surface area contributed by atoms with E-state index in [1.165, 1.54) is 11.1 Å². The van der Waals surface area contributed by atoms with Crippen LogP contribution in [0.2, 0.25) is 0 Å². The van der Waals surface area contributed by atoms with Gasteiger partial charge in [-0.15, -0.1) is 6.58 Å². The monoisotopic (exact) mass is 484 g/mol. The van der Waals surface area contributed by atoms with Crippen molar-refractivity contribution >= 4 is 22.7 Å². The second-order valence-electron chi connectivity index (χ2n) is 10.1. The molecule has 0 saturated carbocycles. The Morgan fingerprint density at radius 3 is 2.81 bits per heavy atom. The summed E-state index contributed by atoms with van der Waals surface area (Å²) >= 11 is 0. The molecule has 8 heteroatoms. The van der Waals surface area contributed by atoms with E-state index >= 15 is 0 Å². The summed E-state index contributed by atoms with van der Waals surface area (Å²) in [6.45, 7) is 10.1. The van der Waals surface area contributed by atoms with E-state index in [1.54, 1.807) is 17.0 Å². The summed E-state index contributed by atoms with van der Waals surface area (Å²) in [6.07, 6.45) is 4.32. The minimum Gasteiger partial charge on any atom is -0.395 e. The first-order valence-electron chi connectivity index (χ1n) is 12.2. The second kappa shape index (κ2) is 9.37. The molecule has 2 N–H and O–H groups in total. The summed E-state index contributed by atoms with van der Waals surface area (Å²) in [4.78, 5) is 24.8. The molecule has 0 amide bonds. The van der Waals surface area contributed by atoms with Crippen molar-refractivity contribution in [2.45, 2.75) is 38.8 Å². The average Bonchev–Trinajstić information content (AvgIpc) is 3.14. The zero-order valence-electron chi connectivity index (χ0n) is 21.0. The lowest BCUT2D eigenvalue weighted by molar-refractivity contribution is 0.218. The Hall–Kier alpha value is -3.75. The minimum absolute atomic E-state index is 0.00908. The summed E-state index contributed by atoms with van der Waals surface area (Å²) in [5.41, 5.74) is 5.23. The van der Waals surface area contributed by atoms with Crippen molar-refractivity contribution in [2.75, 3.05) is 25.5 Å². The van der Waals surface area contributed by atoms with E-state index in [9.17, 15) is 9.90 Å². The van der Waals surface area contributed by atoms with E-state index in [0.717, 1.165) is 36.4 Å². The fraction of sp³-hybridized carbons (Fsp3) is 0.321. The number of rotatable bonds is 7. The summed E-state index contributed by atoms with van der Waals surface area (Å²) in [5, 5.41) is 13.6. The number of allylic oxidation sites excluding steroid dienone is 1. The van der Waals surface area contributed by atoms with Gasteiger partial charge in [0, 0.05) is 30.4 Å². The molecule has 0 fully saturated rings. The van der Waals surface area contributed by atoms with Crippen LogP contribution < -0.4 is 10.9 Å². The van der Waals surface area contributed by atoms with Crippen molar-refractivity contribution in [2.24, 2.45) is 0 Å². The molecule has 0 bridgehead atoms. The molecule has 1 aliphatic heterocycles. The van der Waals surface area contributed by atoms with Crippen molar-refractivity contribution in [1.29, 1.82) is 0 Å². The van der Waals surface area contributed by atoms with Crippen molar-refractivity contribution < 1.29 is 5.11 Å². The van der Waals surface area contributed by atoms with Crippen LogP contribution >= 0.6 is 0 Å². The maximum Gasteiger partial charge on any atom is 0.278 e. The van der Waals surface area contributed by atoms with E-state index in [4.69, 9.17) is 4.98 Å². The molecule has 36 heavy (non-hydrogen) atoms. The number of benzene rings is 2. The van der Waals surface area contributed by atoms with E-state index in [0.29, 0.717) is 23.5 Å². The molecule has 0 aliphatic carbocycles. The summed E-state index contributed by atoms with van der Waals surface area (Å²) in [7, 11) is 2.13. The highest BCUT2D eigenvalue weighted by molar-refractivity contribution is 5.77. The molecular weight excluding hydrogens is 452 g/mol. The van der Waals surface area contributed by atoms with Crippen molar-refractivity contribution in [1.82, 2.24) is 24.2 Å². The number of aliphatic hydroxyl groups excluding tert-OH is 1. The maximum absolute atomic E-state index is 13.3. The third kappa shape index (κ3) is 4.34. The Labute approximate surface area is 210 Å². The summed E-state index contributed by atoms with van der Waals surface area (Å²) in [6, 6.07) is 14.2. The van der Waals surface area contributed by atoms with Gasteiger partial charge in [-0.2, -0.15) is 4.98 Å². The lowest BCUT2D eigenvalue weighted by Gasteiger charge is -2.25. The lowest BCUT2D eigenvalue weighted by Crippen LogP contribution is -2.26. The normalized spacial score (nSPS) is 14.1. The molecule has 0 radical (unpaired) electrons. The Kier molecular flexibility index (Phi) is 6.24. The molecular formula is C28H32N6O2. The van der Waals surface area contributed by atoms with Gasteiger partial charge in [-0.3, -0.25) is 4.79 Å². The smallest absolute Gasteiger partial charge is 0.278 e. The second-order valence-corrected chi connectivity index (χ2v) is 10.1. The molecule has 3 heterocycles. The molecule has 8 nitrogen and oxygen atoms in total. The molecule has 186 valence electrons. The third-order valence-electron chi connectivity index (χ3n) is 6.91. The number of likely N-dealkylation sites (N-methyl/N-ethyl adjacent to an activating group) is 1. The number of hydrogen-bond acceptors (Lipinski definition) is 6. The Balaban J connectivity index is 1.60. The first kappa shape index (κ1) is 24.0. The van der Waals surface area contributed by atoms with Gasteiger partial charge in [0.25, 0.3) is 5.56 Å². The van der Waals surface area contributed by atoms with E-state index < -0.39 is 5.41 Å². The highest BCUT2D eigenvalue weighted by Crippen LogP contribution is 2.27. The lowest BCUT2D eigenvalue weighted by atomic mass is 9.85. The fourth-order valence-corrected chi connectivity index (χ4v) is 4.69. The van der Waals surface area contributed by atoms with Gasteiger partial charge in [-0.1, -0.05) is 38.1 Å². The van der Waals surface area contributed by atoms with Gasteiger partial charge >= 0.3 is 0 Å². The van der Waals surface area contributed by atoms with Crippen molar-refractivity contribution in [3.05, 3.63) is 88.4 Å². The molecule has 2 aromatic heterocycles. The van der Waals surface area contributed by atoms with Crippen LogP contribution in [0, 0.1) is 0 Å². The molecule has 4 aromatic rings. The highest BCUT2D eigenvalue weighted by atomic mass is 16.3. The van der Waals surface area contributed by atoms with Gasteiger partial charge < -0.3 is 15.3 Å². The van der Waals surface area contributed by atoms with Crippen LogP contribution in [0.5, 0.6) is 0 Å².